The number of hydrogen-bond acceptors (Lipinski definition) is 2. The van der Waals surface area contributed by atoms with Crippen molar-refractivity contribution in [3.05, 3.63) is 29.8 Å². The summed E-state index contributed by atoms with van der Waals surface area (Å²) in [7, 11) is -0.920. The third-order valence-corrected chi connectivity index (χ3v) is 4.87. The van der Waals surface area contributed by atoms with Gasteiger partial charge in [-0.2, -0.15) is 0 Å². The molecule has 0 bridgehead atoms. The average molecular weight is 281 g/mol. The van der Waals surface area contributed by atoms with Gasteiger partial charge in [0.1, 0.15) is 0 Å². The van der Waals surface area contributed by atoms with Gasteiger partial charge in [-0.25, -0.2) is 0 Å². The zero-order valence-electron chi connectivity index (χ0n) is 12.8. The summed E-state index contributed by atoms with van der Waals surface area (Å²) in [5.74, 6) is 1.71. The summed E-state index contributed by atoms with van der Waals surface area (Å²) in [6.07, 6.45) is 0. The van der Waals surface area contributed by atoms with Crippen LogP contribution in [0.25, 0.3) is 0 Å². The van der Waals surface area contributed by atoms with Gasteiger partial charge in [0.25, 0.3) is 0 Å². The molecule has 0 amide bonds. The number of hydrogen-bond donors (Lipinski definition) is 1. The first kappa shape index (κ1) is 16.4. The highest BCUT2D eigenvalue weighted by molar-refractivity contribution is 7.85. The molecule has 2 nitrogen and oxygen atoms in total. The van der Waals surface area contributed by atoms with Crippen molar-refractivity contribution >= 4 is 10.8 Å². The lowest BCUT2D eigenvalue weighted by Crippen LogP contribution is -2.38. The lowest BCUT2D eigenvalue weighted by molar-refractivity contribution is 0.440. The number of nitrogens with one attached hydrogen (secondary N) is 1. The van der Waals surface area contributed by atoms with Gasteiger partial charge in [0.15, 0.2) is 0 Å². The molecule has 1 N–H and O–H groups in total. The molecule has 2 unspecified atom stereocenters. The van der Waals surface area contributed by atoms with Gasteiger partial charge >= 0.3 is 0 Å². The van der Waals surface area contributed by atoms with E-state index in [1.165, 1.54) is 5.56 Å². The standard InChI is InChI=1S/C16H27NOS/c1-6-17-16(13(4)5)11-19(18)15-9-7-14(8-10-15)12(2)3/h7-10,12-13,16-17H,6,11H2,1-5H3. The first-order valence-electron chi connectivity index (χ1n) is 7.17. The smallest absolute Gasteiger partial charge is 0.0545 e. The van der Waals surface area contributed by atoms with Crippen molar-refractivity contribution in [1.29, 1.82) is 0 Å². The van der Waals surface area contributed by atoms with E-state index in [0.717, 1.165) is 11.4 Å². The highest BCUT2D eigenvalue weighted by atomic mass is 32.2. The summed E-state index contributed by atoms with van der Waals surface area (Å²) in [5, 5.41) is 3.42. The topological polar surface area (TPSA) is 29.1 Å². The van der Waals surface area contributed by atoms with Gasteiger partial charge in [0, 0.05) is 16.7 Å². The Morgan fingerprint density at radius 1 is 1.11 bits per heavy atom. The molecule has 0 aliphatic carbocycles. The Balaban J connectivity index is 2.71. The average Bonchev–Trinajstić information content (AvgIpc) is 2.38. The molecule has 19 heavy (non-hydrogen) atoms. The lowest BCUT2D eigenvalue weighted by atomic mass is 10.0. The minimum absolute atomic E-state index is 0.315. The molecule has 0 saturated carbocycles. The molecule has 1 aromatic carbocycles. The second kappa shape index (κ2) is 7.81. The van der Waals surface area contributed by atoms with Crippen LogP contribution in [0, 0.1) is 5.92 Å². The van der Waals surface area contributed by atoms with E-state index in [1.807, 2.05) is 12.1 Å². The Bertz CT molecular complexity index is 398. The van der Waals surface area contributed by atoms with Crippen LogP contribution in [0.3, 0.4) is 0 Å². The van der Waals surface area contributed by atoms with E-state index in [0.29, 0.717) is 23.6 Å². The highest BCUT2D eigenvalue weighted by Crippen LogP contribution is 2.17. The molecule has 3 heteroatoms. The molecular formula is C16H27NOS. The molecule has 0 heterocycles. The summed E-state index contributed by atoms with van der Waals surface area (Å²) in [4.78, 5) is 0.938. The Kier molecular flexibility index (Phi) is 6.73. The first-order valence-corrected chi connectivity index (χ1v) is 8.49. The molecule has 0 spiro atoms. The molecule has 0 saturated heterocycles. The van der Waals surface area contributed by atoms with Crippen LogP contribution in [0.2, 0.25) is 0 Å². The molecule has 0 aliphatic rings. The predicted molar refractivity (Wildman–Crippen MR) is 84.1 cm³/mol. The maximum atomic E-state index is 12.4. The van der Waals surface area contributed by atoms with Gasteiger partial charge < -0.3 is 5.32 Å². The quantitative estimate of drug-likeness (QED) is 0.828. The normalized spacial score (nSPS) is 14.9. The van der Waals surface area contributed by atoms with E-state index >= 15 is 0 Å². The molecule has 2 atom stereocenters. The molecular weight excluding hydrogens is 254 g/mol. The van der Waals surface area contributed by atoms with Crippen LogP contribution in [-0.4, -0.2) is 22.5 Å². The zero-order valence-corrected chi connectivity index (χ0v) is 13.6. The van der Waals surface area contributed by atoms with Gasteiger partial charge in [-0.3, -0.25) is 4.21 Å². The third kappa shape index (κ3) is 5.07. The molecule has 0 radical (unpaired) electrons. The van der Waals surface area contributed by atoms with Crippen LogP contribution in [0.4, 0.5) is 0 Å². The monoisotopic (exact) mass is 281 g/mol. The molecule has 0 fully saturated rings. The van der Waals surface area contributed by atoms with Crippen molar-refractivity contribution in [2.75, 3.05) is 12.3 Å². The summed E-state index contributed by atoms with van der Waals surface area (Å²) in [6, 6.07) is 8.52. The van der Waals surface area contributed by atoms with E-state index in [4.69, 9.17) is 0 Å². The summed E-state index contributed by atoms with van der Waals surface area (Å²) >= 11 is 0. The van der Waals surface area contributed by atoms with Crippen molar-refractivity contribution in [1.82, 2.24) is 5.32 Å². The minimum Gasteiger partial charge on any atom is -0.313 e. The summed E-state index contributed by atoms with van der Waals surface area (Å²) < 4.78 is 12.4. The lowest BCUT2D eigenvalue weighted by Gasteiger charge is -2.21. The molecule has 0 aliphatic heterocycles. The maximum Gasteiger partial charge on any atom is 0.0545 e. The zero-order chi connectivity index (χ0) is 14.4. The van der Waals surface area contributed by atoms with Crippen molar-refractivity contribution < 1.29 is 4.21 Å². The molecule has 0 aromatic heterocycles. The highest BCUT2D eigenvalue weighted by Gasteiger charge is 2.16. The SMILES string of the molecule is CCNC(CS(=O)c1ccc(C(C)C)cc1)C(C)C. The summed E-state index contributed by atoms with van der Waals surface area (Å²) in [6.45, 7) is 11.7. The molecule has 1 rings (SSSR count). The van der Waals surface area contributed by atoms with Crippen LogP contribution in [-0.2, 0) is 10.8 Å². The van der Waals surface area contributed by atoms with Crippen molar-refractivity contribution in [3.8, 4) is 0 Å². The van der Waals surface area contributed by atoms with Gasteiger partial charge in [-0.15, -0.1) is 0 Å². The first-order chi connectivity index (χ1) is 8.95. The molecule has 108 valence electrons. The van der Waals surface area contributed by atoms with Crippen molar-refractivity contribution in [3.63, 3.8) is 0 Å². The Morgan fingerprint density at radius 3 is 2.11 bits per heavy atom. The van der Waals surface area contributed by atoms with E-state index in [-0.39, 0.29) is 0 Å². The Hall–Kier alpha value is -0.670. The van der Waals surface area contributed by atoms with Gasteiger partial charge in [0.2, 0.25) is 0 Å². The fraction of sp³-hybridized carbons (Fsp3) is 0.625. The van der Waals surface area contributed by atoms with Crippen molar-refractivity contribution in [2.24, 2.45) is 5.92 Å². The Morgan fingerprint density at radius 2 is 1.68 bits per heavy atom. The van der Waals surface area contributed by atoms with Crippen LogP contribution in [0.1, 0.15) is 46.1 Å². The van der Waals surface area contributed by atoms with Gasteiger partial charge in [0.05, 0.1) is 10.8 Å². The fourth-order valence-corrected chi connectivity index (χ4v) is 3.47. The summed E-state index contributed by atoms with van der Waals surface area (Å²) in [5.41, 5.74) is 1.30. The largest absolute Gasteiger partial charge is 0.313 e. The maximum absolute atomic E-state index is 12.4. The fourth-order valence-electron chi connectivity index (χ4n) is 2.01. The van der Waals surface area contributed by atoms with Crippen molar-refractivity contribution in [2.45, 2.75) is 51.5 Å². The van der Waals surface area contributed by atoms with E-state index in [2.05, 4.69) is 52.1 Å². The van der Waals surface area contributed by atoms with E-state index in [9.17, 15) is 4.21 Å². The third-order valence-electron chi connectivity index (χ3n) is 3.41. The Labute approximate surface area is 120 Å². The van der Waals surface area contributed by atoms with Crippen LogP contribution in [0.15, 0.2) is 29.2 Å². The van der Waals surface area contributed by atoms with Gasteiger partial charge in [-0.1, -0.05) is 46.8 Å². The number of benzene rings is 1. The van der Waals surface area contributed by atoms with Crippen LogP contribution in [0.5, 0.6) is 0 Å². The van der Waals surface area contributed by atoms with Crippen LogP contribution >= 0.6 is 0 Å². The predicted octanol–water partition coefficient (Wildman–Crippen LogP) is 3.55. The minimum atomic E-state index is -0.920. The second-order valence-corrected chi connectivity index (χ2v) is 7.14. The van der Waals surface area contributed by atoms with Crippen LogP contribution < -0.4 is 5.32 Å². The van der Waals surface area contributed by atoms with E-state index < -0.39 is 10.8 Å². The second-order valence-electron chi connectivity index (χ2n) is 5.64. The van der Waals surface area contributed by atoms with E-state index in [1.54, 1.807) is 0 Å². The van der Waals surface area contributed by atoms with Gasteiger partial charge in [-0.05, 0) is 36.1 Å². The number of rotatable bonds is 7. The molecule has 1 aromatic rings.